The fourth-order valence-corrected chi connectivity index (χ4v) is 3.31. The van der Waals surface area contributed by atoms with Gasteiger partial charge in [0.1, 0.15) is 11.3 Å². The highest BCUT2D eigenvalue weighted by Gasteiger charge is 2.25. The van der Waals surface area contributed by atoms with Crippen molar-refractivity contribution >= 4 is 11.0 Å². The van der Waals surface area contributed by atoms with Crippen molar-refractivity contribution in [3.05, 3.63) is 70.4 Å². The van der Waals surface area contributed by atoms with Gasteiger partial charge in [0.05, 0.1) is 11.0 Å². The molecule has 0 aliphatic heterocycles. The third-order valence-corrected chi connectivity index (χ3v) is 5.82. The molecule has 0 bridgehead atoms. The maximum absolute atomic E-state index is 12.4. The van der Waals surface area contributed by atoms with E-state index in [1.807, 2.05) is 30.3 Å². The van der Waals surface area contributed by atoms with Crippen LogP contribution in [0.15, 0.2) is 63.8 Å². The summed E-state index contributed by atoms with van der Waals surface area (Å²) >= 11 is 0. The predicted molar refractivity (Wildman–Crippen MR) is 116 cm³/mol. The second-order valence-corrected chi connectivity index (χ2v) is 7.78. The number of ether oxygens (including phenoxy) is 1. The van der Waals surface area contributed by atoms with E-state index in [-0.39, 0.29) is 11.0 Å². The van der Waals surface area contributed by atoms with Crippen LogP contribution in [0.25, 0.3) is 22.3 Å². The lowest BCUT2D eigenvalue weighted by Gasteiger charge is -2.30. The van der Waals surface area contributed by atoms with Gasteiger partial charge in [0.2, 0.25) is 0 Å². The van der Waals surface area contributed by atoms with Crippen molar-refractivity contribution in [3.8, 4) is 11.3 Å². The Labute approximate surface area is 167 Å². The smallest absolute Gasteiger partial charge is 0.193 e. The first-order chi connectivity index (χ1) is 13.5. The van der Waals surface area contributed by atoms with Crippen molar-refractivity contribution in [2.24, 2.45) is 5.92 Å². The van der Waals surface area contributed by atoms with Crippen LogP contribution in [0.4, 0.5) is 0 Å². The van der Waals surface area contributed by atoms with Crippen molar-refractivity contribution < 1.29 is 9.15 Å². The lowest BCUT2D eigenvalue weighted by Crippen LogP contribution is -2.26. The number of benzene rings is 2. The average Bonchev–Trinajstić information content (AvgIpc) is 2.73. The van der Waals surface area contributed by atoms with Gasteiger partial charge in [-0.25, -0.2) is 0 Å². The SMILES string of the molecule is CCC(C)CCOC(C)(CC)c1ccc(-c2cc(=O)c3ccccc3o2)cc1. The van der Waals surface area contributed by atoms with E-state index in [1.54, 1.807) is 12.1 Å². The van der Waals surface area contributed by atoms with Gasteiger partial charge in [-0.2, -0.15) is 0 Å². The third-order valence-electron chi connectivity index (χ3n) is 5.82. The molecule has 0 spiro atoms. The lowest BCUT2D eigenvalue weighted by atomic mass is 9.91. The Hall–Kier alpha value is -2.39. The Bertz CT molecular complexity index is 971. The normalized spacial score (nSPS) is 14.7. The van der Waals surface area contributed by atoms with Crippen LogP contribution in [0.3, 0.4) is 0 Å². The molecule has 2 atom stereocenters. The summed E-state index contributed by atoms with van der Waals surface area (Å²) in [6, 6.07) is 17.1. The summed E-state index contributed by atoms with van der Waals surface area (Å²) in [5, 5.41) is 0.608. The van der Waals surface area contributed by atoms with Gasteiger partial charge in [-0.05, 0) is 43.4 Å². The quantitative estimate of drug-likeness (QED) is 0.447. The largest absolute Gasteiger partial charge is 0.456 e. The van der Waals surface area contributed by atoms with Crippen molar-refractivity contribution in [1.29, 1.82) is 0 Å². The topological polar surface area (TPSA) is 39.4 Å². The Balaban J connectivity index is 1.83. The van der Waals surface area contributed by atoms with Gasteiger partial charge in [0.25, 0.3) is 0 Å². The Morgan fingerprint density at radius 1 is 1.07 bits per heavy atom. The van der Waals surface area contributed by atoms with E-state index in [0.717, 1.165) is 30.6 Å². The minimum absolute atomic E-state index is 0.0206. The highest BCUT2D eigenvalue weighted by atomic mass is 16.5. The molecule has 1 aromatic heterocycles. The first-order valence-corrected chi connectivity index (χ1v) is 10.2. The van der Waals surface area contributed by atoms with E-state index in [1.165, 1.54) is 6.42 Å². The summed E-state index contributed by atoms with van der Waals surface area (Å²) in [5.41, 5.74) is 2.32. The third kappa shape index (κ3) is 4.36. The molecule has 0 N–H and O–H groups in total. The van der Waals surface area contributed by atoms with E-state index in [2.05, 4.69) is 39.8 Å². The first kappa shape index (κ1) is 20.3. The highest BCUT2D eigenvalue weighted by molar-refractivity contribution is 5.78. The highest BCUT2D eigenvalue weighted by Crippen LogP contribution is 2.31. The van der Waals surface area contributed by atoms with Crippen LogP contribution in [-0.2, 0) is 10.3 Å². The molecule has 2 unspecified atom stereocenters. The van der Waals surface area contributed by atoms with Crippen LogP contribution >= 0.6 is 0 Å². The van der Waals surface area contributed by atoms with Crippen LogP contribution in [-0.4, -0.2) is 6.61 Å². The van der Waals surface area contributed by atoms with Gasteiger partial charge in [0.15, 0.2) is 5.43 Å². The molecule has 3 rings (SSSR count). The molecule has 0 saturated carbocycles. The monoisotopic (exact) mass is 378 g/mol. The van der Waals surface area contributed by atoms with Crippen LogP contribution in [0.1, 0.15) is 52.5 Å². The van der Waals surface area contributed by atoms with Crippen LogP contribution in [0.5, 0.6) is 0 Å². The van der Waals surface area contributed by atoms with Crippen LogP contribution in [0.2, 0.25) is 0 Å². The van der Waals surface area contributed by atoms with Crippen molar-refractivity contribution in [1.82, 2.24) is 0 Å². The summed E-state index contributed by atoms with van der Waals surface area (Å²) in [7, 11) is 0. The summed E-state index contributed by atoms with van der Waals surface area (Å²) < 4.78 is 12.2. The van der Waals surface area contributed by atoms with E-state index in [9.17, 15) is 4.79 Å². The zero-order valence-electron chi connectivity index (χ0n) is 17.3. The molecular formula is C25H30O3. The predicted octanol–water partition coefficient (Wildman–Crippen LogP) is 6.54. The van der Waals surface area contributed by atoms with Gasteiger partial charge in [0, 0.05) is 18.2 Å². The summed E-state index contributed by atoms with van der Waals surface area (Å²) in [6.07, 6.45) is 3.15. The zero-order valence-corrected chi connectivity index (χ0v) is 17.3. The molecule has 2 aromatic carbocycles. The first-order valence-electron chi connectivity index (χ1n) is 10.2. The second kappa shape index (κ2) is 8.74. The molecule has 0 radical (unpaired) electrons. The molecule has 0 saturated heterocycles. The molecule has 3 nitrogen and oxygen atoms in total. The fourth-order valence-electron chi connectivity index (χ4n) is 3.31. The van der Waals surface area contributed by atoms with E-state index < -0.39 is 0 Å². The Morgan fingerprint density at radius 3 is 2.46 bits per heavy atom. The fraction of sp³-hybridized carbons (Fsp3) is 0.400. The molecule has 3 heteroatoms. The van der Waals surface area contributed by atoms with Crippen molar-refractivity contribution in [3.63, 3.8) is 0 Å². The van der Waals surface area contributed by atoms with Crippen LogP contribution < -0.4 is 5.43 Å². The molecular weight excluding hydrogens is 348 g/mol. The van der Waals surface area contributed by atoms with Gasteiger partial charge < -0.3 is 9.15 Å². The van der Waals surface area contributed by atoms with E-state index in [0.29, 0.717) is 22.6 Å². The Morgan fingerprint density at radius 2 is 1.79 bits per heavy atom. The number of hydrogen-bond acceptors (Lipinski definition) is 3. The second-order valence-electron chi connectivity index (χ2n) is 7.78. The summed E-state index contributed by atoms with van der Waals surface area (Å²) in [5.74, 6) is 1.27. The average molecular weight is 379 g/mol. The van der Waals surface area contributed by atoms with Gasteiger partial charge >= 0.3 is 0 Å². The summed E-state index contributed by atoms with van der Waals surface area (Å²) in [6.45, 7) is 9.54. The van der Waals surface area contributed by atoms with Gasteiger partial charge in [-0.3, -0.25) is 4.79 Å². The number of hydrogen-bond donors (Lipinski definition) is 0. The molecule has 1 heterocycles. The molecule has 0 fully saturated rings. The van der Waals surface area contributed by atoms with Gasteiger partial charge in [-0.1, -0.05) is 63.6 Å². The van der Waals surface area contributed by atoms with E-state index in [4.69, 9.17) is 9.15 Å². The van der Waals surface area contributed by atoms with E-state index >= 15 is 0 Å². The Kier molecular flexibility index (Phi) is 6.35. The summed E-state index contributed by atoms with van der Waals surface area (Å²) in [4.78, 5) is 12.4. The standard InChI is InChI=1S/C25H30O3/c1-5-18(3)15-16-27-25(4,6-2)20-13-11-19(12-14-20)24-17-22(26)21-9-7-8-10-23(21)28-24/h7-14,17-18H,5-6,15-16H2,1-4H3. The molecule has 148 valence electrons. The minimum atomic E-state index is -0.309. The molecule has 3 aromatic rings. The van der Waals surface area contributed by atoms with Crippen LogP contribution in [0, 0.1) is 5.92 Å². The maximum atomic E-state index is 12.4. The van der Waals surface area contributed by atoms with Gasteiger partial charge in [-0.15, -0.1) is 0 Å². The number of para-hydroxylation sites is 1. The molecule has 0 aliphatic carbocycles. The minimum Gasteiger partial charge on any atom is -0.456 e. The lowest BCUT2D eigenvalue weighted by molar-refractivity contribution is -0.0440. The number of rotatable bonds is 8. The molecule has 0 amide bonds. The number of fused-ring (bicyclic) bond motifs is 1. The van der Waals surface area contributed by atoms with Crippen molar-refractivity contribution in [2.75, 3.05) is 6.61 Å². The maximum Gasteiger partial charge on any atom is 0.193 e. The molecule has 28 heavy (non-hydrogen) atoms. The molecule has 0 aliphatic rings. The van der Waals surface area contributed by atoms with Crippen molar-refractivity contribution in [2.45, 2.75) is 52.6 Å². The zero-order chi connectivity index (χ0) is 20.1.